The quantitative estimate of drug-likeness (QED) is 0.890. The van der Waals surface area contributed by atoms with Crippen LogP contribution in [0.5, 0.6) is 0 Å². The second kappa shape index (κ2) is 6.91. The van der Waals surface area contributed by atoms with E-state index in [2.05, 4.69) is 0 Å². The SMILES string of the molecule is O=C(O)CN1CCN(C(=O)OCc2ccccc2)CC1. The molecule has 1 amide bonds. The summed E-state index contributed by atoms with van der Waals surface area (Å²) in [5.74, 6) is -0.842. The number of hydrogen-bond acceptors (Lipinski definition) is 4. The van der Waals surface area contributed by atoms with Gasteiger partial charge in [0, 0.05) is 26.2 Å². The van der Waals surface area contributed by atoms with Crippen LogP contribution in [0, 0.1) is 0 Å². The van der Waals surface area contributed by atoms with E-state index in [0.29, 0.717) is 26.2 Å². The third kappa shape index (κ3) is 4.24. The van der Waals surface area contributed by atoms with E-state index in [4.69, 9.17) is 9.84 Å². The van der Waals surface area contributed by atoms with Crippen LogP contribution in [0.1, 0.15) is 5.56 Å². The Bertz CT molecular complexity index is 456. The van der Waals surface area contributed by atoms with Crippen LogP contribution in [0.15, 0.2) is 30.3 Å². The number of carbonyl (C=O) groups is 2. The van der Waals surface area contributed by atoms with E-state index in [1.807, 2.05) is 35.2 Å². The second-order valence-corrected chi connectivity index (χ2v) is 4.70. The molecule has 0 atom stereocenters. The van der Waals surface area contributed by atoms with Gasteiger partial charge < -0.3 is 14.7 Å². The first-order valence-electron chi connectivity index (χ1n) is 6.55. The van der Waals surface area contributed by atoms with Crippen LogP contribution >= 0.6 is 0 Å². The molecule has 1 heterocycles. The van der Waals surface area contributed by atoms with Gasteiger partial charge in [0.1, 0.15) is 6.61 Å². The van der Waals surface area contributed by atoms with Crippen molar-refractivity contribution in [2.75, 3.05) is 32.7 Å². The number of amides is 1. The lowest BCUT2D eigenvalue weighted by molar-refractivity contribution is -0.138. The molecule has 6 nitrogen and oxygen atoms in total. The third-order valence-electron chi connectivity index (χ3n) is 3.19. The van der Waals surface area contributed by atoms with Gasteiger partial charge in [-0.25, -0.2) is 4.79 Å². The molecule has 0 bridgehead atoms. The largest absolute Gasteiger partial charge is 0.480 e. The predicted molar refractivity (Wildman–Crippen MR) is 72.3 cm³/mol. The topological polar surface area (TPSA) is 70.1 Å². The minimum absolute atomic E-state index is 0.0207. The lowest BCUT2D eigenvalue weighted by atomic mass is 10.2. The maximum absolute atomic E-state index is 11.9. The number of aliphatic carboxylic acids is 1. The molecular weight excluding hydrogens is 260 g/mol. The highest BCUT2D eigenvalue weighted by molar-refractivity contribution is 5.69. The molecule has 1 aliphatic heterocycles. The molecule has 1 fully saturated rings. The number of carboxylic acid groups (broad SMARTS) is 1. The lowest BCUT2D eigenvalue weighted by Crippen LogP contribution is -2.50. The van der Waals surface area contributed by atoms with Crippen molar-refractivity contribution in [3.63, 3.8) is 0 Å². The number of benzene rings is 1. The van der Waals surface area contributed by atoms with Crippen LogP contribution in [0.25, 0.3) is 0 Å². The van der Waals surface area contributed by atoms with Gasteiger partial charge in [-0.3, -0.25) is 9.69 Å². The summed E-state index contributed by atoms with van der Waals surface area (Å²) in [7, 11) is 0. The monoisotopic (exact) mass is 278 g/mol. The average molecular weight is 278 g/mol. The summed E-state index contributed by atoms with van der Waals surface area (Å²) in [6.45, 7) is 2.41. The number of carboxylic acids is 1. The summed E-state index contributed by atoms with van der Waals surface area (Å²) < 4.78 is 5.24. The van der Waals surface area contributed by atoms with Crippen LogP contribution in [-0.4, -0.2) is 59.7 Å². The minimum Gasteiger partial charge on any atom is -0.480 e. The van der Waals surface area contributed by atoms with Gasteiger partial charge in [0.15, 0.2) is 0 Å². The molecule has 1 N–H and O–H groups in total. The molecule has 6 heteroatoms. The van der Waals surface area contributed by atoms with Crippen molar-refractivity contribution in [2.24, 2.45) is 0 Å². The zero-order valence-electron chi connectivity index (χ0n) is 11.2. The van der Waals surface area contributed by atoms with E-state index in [0.717, 1.165) is 5.56 Å². The molecule has 108 valence electrons. The zero-order chi connectivity index (χ0) is 14.4. The molecule has 1 saturated heterocycles. The normalized spacial score (nSPS) is 15.9. The maximum atomic E-state index is 11.9. The molecule has 0 spiro atoms. The smallest absolute Gasteiger partial charge is 0.410 e. The van der Waals surface area contributed by atoms with Gasteiger partial charge in [0.25, 0.3) is 0 Å². The standard InChI is InChI=1S/C14H18N2O4/c17-13(18)10-15-6-8-16(9-7-15)14(19)20-11-12-4-2-1-3-5-12/h1-5H,6-11H2,(H,17,18). The second-order valence-electron chi connectivity index (χ2n) is 4.70. The minimum atomic E-state index is -0.842. The third-order valence-corrected chi connectivity index (χ3v) is 3.19. The van der Waals surface area contributed by atoms with Crippen LogP contribution in [0.3, 0.4) is 0 Å². The highest BCUT2D eigenvalue weighted by Crippen LogP contribution is 2.06. The molecule has 1 aromatic carbocycles. The Morgan fingerprint density at radius 1 is 1.10 bits per heavy atom. The molecule has 1 aliphatic rings. The predicted octanol–water partition coefficient (Wildman–Crippen LogP) is 1.03. The molecule has 1 aromatic rings. The van der Waals surface area contributed by atoms with Gasteiger partial charge >= 0.3 is 12.1 Å². The van der Waals surface area contributed by atoms with Gasteiger partial charge in [0.05, 0.1) is 6.54 Å². The average Bonchev–Trinajstić information content (AvgIpc) is 2.46. The summed E-state index contributed by atoms with van der Waals surface area (Å²) in [4.78, 5) is 25.9. The first-order valence-corrected chi connectivity index (χ1v) is 6.55. The number of carbonyl (C=O) groups excluding carboxylic acids is 1. The summed E-state index contributed by atoms with van der Waals surface area (Å²) >= 11 is 0. The molecule has 0 saturated carbocycles. The number of ether oxygens (including phenoxy) is 1. The van der Waals surface area contributed by atoms with Crippen molar-refractivity contribution >= 4 is 12.1 Å². The summed E-state index contributed by atoms with van der Waals surface area (Å²) in [6, 6.07) is 9.50. The van der Waals surface area contributed by atoms with Crippen molar-refractivity contribution in [3.8, 4) is 0 Å². The van der Waals surface area contributed by atoms with Crippen molar-refractivity contribution in [1.29, 1.82) is 0 Å². The van der Waals surface area contributed by atoms with Crippen molar-refractivity contribution < 1.29 is 19.4 Å². The summed E-state index contributed by atoms with van der Waals surface area (Å²) in [5, 5.41) is 8.70. The Morgan fingerprint density at radius 3 is 2.35 bits per heavy atom. The fourth-order valence-electron chi connectivity index (χ4n) is 2.09. The molecule has 0 unspecified atom stereocenters. The first-order chi connectivity index (χ1) is 9.65. The first kappa shape index (κ1) is 14.3. The van der Waals surface area contributed by atoms with E-state index < -0.39 is 5.97 Å². The van der Waals surface area contributed by atoms with E-state index in [-0.39, 0.29) is 19.2 Å². The molecule has 0 aliphatic carbocycles. The van der Waals surface area contributed by atoms with Crippen molar-refractivity contribution in [3.05, 3.63) is 35.9 Å². The number of nitrogens with zero attached hydrogens (tertiary/aromatic N) is 2. The Morgan fingerprint density at radius 2 is 1.75 bits per heavy atom. The number of piperazine rings is 1. The maximum Gasteiger partial charge on any atom is 0.410 e. The highest BCUT2D eigenvalue weighted by Gasteiger charge is 2.23. The van der Waals surface area contributed by atoms with Gasteiger partial charge in [0.2, 0.25) is 0 Å². The summed E-state index contributed by atoms with van der Waals surface area (Å²) in [5.41, 5.74) is 0.949. The molecular formula is C14H18N2O4. The van der Waals surface area contributed by atoms with E-state index >= 15 is 0 Å². The zero-order valence-corrected chi connectivity index (χ0v) is 11.2. The summed E-state index contributed by atoms with van der Waals surface area (Å²) in [6.07, 6.45) is -0.344. The molecule has 2 rings (SSSR count). The Labute approximate surface area is 117 Å². The Kier molecular flexibility index (Phi) is 4.95. The Balaban J connectivity index is 1.73. The Hall–Kier alpha value is -2.08. The van der Waals surface area contributed by atoms with Gasteiger partial charge in [-0.1, -0.05) is 30.3 Å². The van der Waals surface area contributed by atoms with E-state index in [9.17, 15) is 9.59 Å². The van der Waals surface area contributed by atoms with Crippen LogP contribution in [-0.2, 0) is 16.1 Å². The van der Waals surface area contributed by atoms with Crippen LogP contribution in [0.2, 0.25) is 0 Å². The molecule has 0 aromatic heterocycles. The van der Waals surface area contributed by atoms with Crippen LogP contribution in [0.4, 0.5) is 4.79 Å². The number of hydrogen-bond donors (Lipinski definition) is 1. The highest BCUT2D eigenvalue weighted by atomic mass is 16.6. The van der Waals surface area contributed by atoms with Gasteiger partial charge in [-0.2, -0.15) is 0 Å². The van der Waals surface area contributed by atoms with Crippen molar-refractivity contribution in [2.45, 2.75) is 6.61 Å². The molecule has 0 radical (unpaired) electrons. The van der Waals surface area contributed by atoms with Gasteiger partial charge in [-0.05, 0) is 5.56 Å². The fraction of sp³-hybridized carbons (Fsp3) is 0.429. The molecule has 20 heavy (non-hydrogen) atoms. The van der Waals surface area contributed by atoms with Crippen molar-refractivity contribution in [1.82, 2.24) is 9.80 Å². The van der Waals surface area contributed by atoms with E-state index in [1.54, 1.807) is 4.90 Å². The number of rotatable bonds is 4. The van der Waals surface area contributed by atoms with E-state index in [1.165, 1.54) is 0 Å². The fourth-order valence-corrected chi connectivity index (χ4v) is 2.09. The van der Waals surface area contributed by atoms with Crippen LogP contribution < -0.4 is 0 Å². The van der Waals surface area contributed by atoms with Gasteiger partial charge in [-0.15, -0.1) is 0 Å². The lowest BCUT2D eigenvalue weighted by Gasteiger charge is -2.33.